The maximum Gasteiger partial charge on any atom is 0.269 e. The molecule has 0 aliphatic rings. The molecule has 0 atom stereocenters. The highest BCUT2D eigenvalue weighted by Gasteiger charge is 2.10. The molecule has 2 aromatic heterocycles. The number of hydrogen-bond acceptors (Lipinski definition) is 5. The van der Waals surface area contributed by atoms with E-state index in [0.717, 1.165) is 38.8 Å². The topological polar surface area (TPSA) is 105 Å². The van der Waals surface area contributed by atoms with Crippen molar-refractivity contribution in [1.29, 1.82) is 0 Å². The monoisotopic (exact) mass is 482 g/mol. The lowest BCUT2D eigenvalue weighted by Gasteiger charge is -2.07. The van der Waals surface area contributed by atoms with E-state index < -0.39 is 0 Å². The van der Waals surface area contributed by atoms with Gasteiger partial charge in [0.25, 0.3) is 5.91 Å². The Morgan fingerprint density at radius 2 is 1.66 bits per heavy atom. The second-order valence-corrected chi connectivity index (χ2v) is 8.82. The number of carbonyl (C=O) groups is 2. The minimum Gasteiger partial charge on any atom is -0.333 e. The predicted molar refractivity (Wildman–Crippen MR) is 135 cm³/mol. The van der Waals surface area contributed by atoms with Gasteiger partial charge in [0.1, 0.15) is 0 Å². The summed E-state index contributed by atoms with van der Waals surface area (Å²) in [6, 6.07) is 24.8. The number of benzene rings is 3. The van der Waals surface area contributed by atoms with Crippen LogP contribution in [0.4, 0.5) is 0 Å². The third-order valence-corrected chi connectivity index (χ3v) is 6.24. The van der Waals surface area contributed by atoms with Crippen LogP contribution in [0.5, 0.6) is 0 Å². The summed E-state index contributed by atoms with van der Waals surface area (Å²) < 4.78 is 1.70. The van der Waals surface area contributed by atoms with Crippen LogP contribution < -0.4 is 10.9 Å². The molecule has 0 unspecified atom stereocenters. The molecule has 3 N–H and O–H groups in total. The van der Waals surface area contributed by atoms with Crippen molar-refractivity contribution in [2.75, 3.05) is 0 Å². The number of H-pyrrole nitrogens is 1. The first-order valence-corrected chi connectivity index (χ1v) is 12.0. The fraction of sp³-hybridized carbons (Fsp3) is 0.0769. The molecular weight excluding hydrogens is 460 g/mol. The number of aromatic amines is 1. The van der Waals surface area contributed by atoms with E-state index in [1.54, 1.807) is 41.0 Å². The van der Waals surface area contributed by atoms with E-state index in [0.29, 0.717) is 5.56 Å². The number of nitrogens with zero attached hydrogens (tertiary/aromatic N) is 3. The summed E-state index contributed by atoms with van der Waals surface area (Å²) in [4.78, 5) is 32.5. The highest BCUT2D eigenvalue weighted by atomic mass is 32.2. The third kappa shape index (κ3) is 5.59. The van der Waals surface area contributed by atoms with Crippen molar-refractivity contribution in [3.63, 3.8) is 0 Å². The van der Waals surface area contributed by atoms with Crippen molar-refractivity contribution in [2.45, 2.75) is 17.3 Å². The molecule has 35 heavy (non-hydrogen) atoms. The summed E-state index contributed by atoms with van der Waals surface area (Å²) in [5, 5.41) is 5.13. The highest BCUT2D eigenvalue weighted by Crippen LogP contribution is 2.23. The molecule has 3 aromatic carbocycles. The Balaban J connectivity index is 1.10. The van der Waals surface area contributed by atoms with Crippen LogP contribution in [-0.2, 0) is 17.0 Å². The van der Waals surface area contributed by atoms with E-state index in [-0.39, 0.29) is 18.2 Å². The zero-order valence-corrected chi connectivity index (χ0v) is 19.5. The highest BCUT2D eigenvalue weighted by molar-refractivity contribution is 7.98. The largest absolute Gasteiger partial charge is 0.333 e. The first-order chi connectivity index (χ1) is 17.1. The van der Waals surface area contributed by atoms with Gasteiger partial charge in [-0.25, -0.2) is 9.67 Å². The quantitative estimate of drug-likeness (QED) is 0.240. The number of rotatable bonds is 7. The van der Waals surface area contributed by atoms with Crippen LogP contribution in [0.1, 0.15) is 21.5 Å². The fourth-order valence-electron chi connectivity index (χ4n) is 3.50. The van der Waals surface area contributed by atoms with Gasteiger partial charge in [-0.15, -0.1) is 0 Å². The third-order valence-electron chi connectivity index (χ3n) is 5.30. The molecule has 0 saturated heterocycles. The molecular formula is C26H22N6O2S. The second kappa shape index (κ2) is 10.3. The fourth-order valence-corrected chi connectivity index (χ4v) is 4.34. The molecule has 2 heterocycles. The maximum absolute atomic E-state index is 12.4. The van der Waals surface area contributed by atoms with Crippen molar-refractivity contribution in [3.05, 3.63) is 108 Å². The first-order valence-electron chi connectivity index (χ1n) is 11.0. The van der Waals surface area contributed by atoms with Gasteiger partial charge in [0.15, 0.2) is 5.16 Å². The number of hydrazine groups is 1. The minimum absolute atomic E-state index is 0.102. The average molecular weight is 483 g/mol. The number of fused-ring (bicyclic) bond motifs is 1. The Kier molecular flexibility index (Phi) is 6.58. The lowest BCUT2D eigenvalue weighted by molar-refractivity contribution is -0.121. The van der Waals surface area contributed by atoms with Crippen LogP contribution in [0.25, 0.3) is 16.7 Å². The van der Waals surface area contributed by atoms with Crippen LogP contribution in [0.2, 0.25) is 0 Å². The summed E-state index contributed by atoms with van der Waals surface area (Å²) in [5.74, 6) is 0.00871. The van der Waals surface area contributed by atoms with E-state index in [1.807, 2.05) is 66.7 Å². The van der Waals surface area contributed by atoms with E-state index in [2.05, 4.69) is 25.9 Å². The van der Waals surface area contributed by atoms with Crippen LogP contribution in [-0.4, -0.2) is 31.6 Å². The summed E-state index contributed by atoms with van der Waals surface area (Å²) in [6.07, 6.45) is 3.53. The number of imidazole rings is 1. The first kappa shape index (κ1) is 22.4. The van der Waals surface area contributed by atoms with Crippen LogP contribution in [0.15, 0.2) is 96.4 Å². The van der Waals surface area contributed by atoms with Crippen LogP contribution in [0, 0.1) is 0 Å². The van der Waals surface area contributed by atoms with Crippen molar-refractivity contribution >= 4 is 34.6 Å². The number of nitrogens with one attached hydrogen (secondary N) is 3. The van der Waals surface area contributed by atoms with Crippen LogP contribution >= 0.6 is 11.8 Å². The number of aromatic nitrogens is 4. The SMILES string of the molecule is O=C(Cc1cnn(-c2ccccc2)c1)NNC(=O)c1ccc(CSc2nc3ccccc3[nH]2)cc1. The molecule has 0 aliphatic heterocycles. The summed E-state index contributed by atoms with van der Waals surface area (Å²) in [7, 11) is 0. The molecule has 0 spiro atoms. The number of hydrogen-bond donors (Lipinski definition) is 3. The Labute approximate surface area is 205 Å². The molecule has 2 amide bonds. The Morgan fingerprint density at radius 1 is 0.886 bits per heavy atom. The van der Waals surface area contributed by atoms with Gasteiger partial charge >= 0.3 is 0 Å². The Morgan fingerprint density at radius 3 is 2.46 bits per heavy atom. The average Bonchev–Trinajstić information content (AvgIpc) is 3.53. The molecule has 0 radical (unpaired) electrons. The molecule has 8 nitrogen and oxygen atoms in total. The van der Waals surface area contributed by atoms with Crippen molar-refractivity contribution in [2.24, 2.45) is 0 Å². The maximum atomic E-state index is 12.4. The number of carbonyl (C=O) groups excluding carboxylic acids is 2. The van der Waals surface area contributed by atoms with Crippen LogP contribution in [0.3, 0.4) is 0 Å². The van der Waals surface area contributed by atoms with E-state index >= 15 is 0 Å². The predicted octanol–water partition coefficient (Wildman–Crippen LogP) is 4.04. The second-order valence-electron chi connectivity index (χ2n) is 7.85. The molecule has 174 valence electrons. The number of para-hydroxylation sites is 3. The number of amides is 2. The van der Waals surface area contributed by atoms with Gasteiger partial charge in [-0.2, -0.15) is 5.10 Å². The molecule has 5 aromatic rings. The van der Waals surface area contributed by atoms with Gasteiger partial charge in [-0.1, -0.05) is 54.2 Å². The lowest BCUT2D eigenvalue weighted by Crippen LogP contribution is -2.42. The van der Waals surface area contributed by atoms with E-state index in [1.165, 1.54) is 0 Å². The summed E-state index contributed by atoms with van der Waals surface area (Å²) in [6.45, 7) is 0. The normalized spacial score (nSPS) is 10.9. The molecule has 0 saturated carbocycles. The van der Waals surface area contributed by atoms with Gasteiger partial charge in [-0.05, 0) is 47.5 Å². The van der Waals surface area contributed by atoms with E-state index in [9.17, 15) is 9.59 Å². The number of thioether (sulfide) groups is 1. The zero-order chi connectivity index (χ0) is 24.0. The standard InChI is InChI=1S/C26H22N6O2S/c33-24(14-19-15-27-32(16-19)21-6-2-1-3-7-21)30-31-25(34)20-12-10-18(11-13-20)17-35-26-28-22-8-4-5-9-23(22)29-26/h1-13,15-16H,14,17H2,(H,28,29)(H,30,33)(H,31,34). The van der Waals surface area contributed by atoms with Gasteiger partial charge < -0.3 is 4.98 Å². The van der Waals surface area contributed by atoms with Gasteiger partial charge in [0.05, 0.1) is 29.3 Å². The smallest absolute Gasteiger partial charge is 0.269 e. The van der Waals surface area contributed by atoms with Gasteiger partial charge in [-0.3, -0.25) is 20.4 Å². The lowest BCUT2D eigenvalue weighted by atomic mass is 10.1. The molecule has 0 fully saturated rings. The summed E-state index contributed by atoms with van der Waals surface area (Å²) >= 11 is 1.60. The molecule has 5 rings (SSSR count). The summed E-state index contributed by atoms with van der Waals surface area (Å²) in [5.41, 5.74) is 10.0. The Hall–Kier alpha value is -4.37. The minimum atomic E-state index is -0.380. The van der Waals surface area contributed by atoms with E-state index in [4.69, 9.17) is 0 Å². The van der Waals surface area contributed by atoms with Crippen molar-refractivity contribution in [3.8, 4) is 5.69 Å². The molecule has 0 aliphatic carbocycles. The van der Waals surface area contributed by atoms with Gasteiger partial charge in [0.2, 0.25) is 5.91 Å². The van der Waals surface area contributed by atoms with Gasteiger partial charge in [0, 0.05) is 17.5 Å². The zero-order valence-electron chi connectivity index (χ0n) is 18.6. The molecule has 9 heteroatoms. The van der Waals surface area contributed by atoms with Crippen molar-refractivity contribution < 1.29 is 9.59 Å². The molecule has 0 bridgehead atoms. The Bertz CT molecular complexity index is 1430. The van der Waals surface area contributed by atoms with Crippen molar-refractivity contribution in [1.82, 2.24) is 30.6 Å².